The van der Waals surface area contributed by atoms with Crippen molar-refractivity contribution in [3.05, 3.63) is 22.4 Å². The van der Waals surface area contributed by atoms with E-state index < -0.39 is 22.2 Å². The van der Waals surface area contributed by atoms with Crippen LogP contribution in [0, 0.1) is 5.92 Å². The summed E-state index contributed by atoms with van der Waals surface area (Å²) in [4.78, 5) is 12.6. The standard InChI is InChI=1S/C14H22N2O3S2.C2HF3O2/c1-21(17,18)15-13-10-16(9-12-5-3-7-20-12)8-11-4-2-6-19-14(11)13;3-2(4,5)1(6)7/h3,5,7,11,13-15H,2,4,6,8-10H2,1H3;(H,6,7)/t11-,13+,14-;/m0./s1. The minimum atomic E-state index is -5.08. The quantitative estimate of drug-likeness (QED) is 0.737. The van der Waals surface area contributed by atoms with Gasteiger partial charge in [-0.3, -0.25) is 4.90 Å². The van der Waals surface area contributed by atoms with Crippen molar-refractivity contribution < 1.29 is 36.2 Å². The highest BCUT2D eigenvalue weighted by Crippen LogP contribution is 2.30. The second kappa shape index (κ2) is 9.53. The summed E-state index contributed by atoms with van der Waals surface area (Å²) in [5.41, 5.74) is 0. The van der Waals surface area contributed by atoms with Crippen LogP contribution in [-0.4, -0.2) is 68.7 Å². The Kier molecular flexibility index (Phi) is 7.85. The van der Waals surface area contributed by atoms with Crippen LogP contribution in [0.25, 0.3) is 0 Å². The Bertz CT molecular complexity index is 740. The number of nitrogens with zero attached hydrogens (tertiary/aromatic N) is 1. The van der Waals surface area contributed by atoms with Crippen molar-refractivity contribution in [1.82, 2.24) is 9.62 Å². The molecular formula is C16H23F3N2O5S2. The van der Waals surface area contributed by atoms with Crippen molar-refractivity contribution >= 4 is 27.3 Å². The number of alkyl halides is 3. The van der Waals surface area contributed by atoms with Crippen molar-refractivity contribution in [2.75, 3.05) is 26.0 Å². The van der Waals surface area contributed by atoms with Gasteiger partial charge in [0.05, 0.1) is 18.4 Å². The maximum absolute atomic E-state index is 11.6. The first kappa shape index (κ1) is 23.1. The Balaban J connectivity index is 0.000000345. The van der Waals surface area contributed by atoms with E-state index in [1.165, 1.54) is 11.1 Å². The lowest BCUT2D eigenvalue weighted by Crippen LogP contribution is -2.60. The summed E-state index contributed by atoms with van der Waals surface area (Å²) in [6, 6.07) is 4.05. The van der Waals surface area contributed by atoms with Gasteiger partial charge in [-0.05, 0) is 30.2 Å². The minimum absolute atomic E-state index is 0.0214. The number of aliphatic carboxylic acids is 1. The van der Waals surface area contributed by atoms with E-state index in [0.717, 1.165) is 32.5 Å². The zero-order valence-electron chi connectivity index (χ0n) is 15.2. The number of hydrogen-bond donors (Lipinski definition) is 2. The Hall–Kier alpha value is -1.21. The average Bonchev–Trinajstić information content (AvgIpc) is 3.06. The largest absolute Gasteiger partial charge is 0.490 e. The Morgan fingerprint density at radius 3 is 2.64 bits per heavy atom. The SMILES string of the molecule is CS(=O)(=O)N[C@@H]1CN(Cc2cccs2)C[C@@H]2CCCO[C@@H]21.O=C(O)C(F)(F)F. The molecule has 1 aromatic rings. The van der Waals surface area contributed by atoms with E-state index in [4.69, 9.17) is 14.6 Å². The number of carboxylic acids is 1. The summed E-state index contributed by atoms with van der Waals surface area (Å²) in [5, 5.41) is 9.21. The molecule has 7 nitrogen and oxygen atoms in total. The molecule has 3 heterocycles. The number of thiophene rings is 1. The molecule has 0 saturated carbocycles. The van der Waals surface area contributed by atoms with Gasteiger partial charge in [-0.25, -0.2) is 17.9 Å². The zero-order valence-corrected chi connectivity index (χ0v) is 16.8. The molecule has 2 aliphatic rings. The summed E-state index contributed by atoms with van der Waals surface area (Å²) < 4.78 is 63.6. The van der Waals surface area contributed by atoms with Crippen molar-refractivity contribution in [3.8, 4) is 0 Å². The molecule has 3 rings (SSSR count). The van der Waals surface area contributed by atoms with Gasteiger partial charge in [0.25, 0.3) is 0 Å². The number of rotatable bonds is 4. The summed E-state index contributed by atoms with van der Waals surface area (Å²) in [5.74, 6) is -2.33. The Morgan fingerprint density at radius 1 is 1.43 bits per heavy atom. The number of piperidine rings is 1. The molecule has 2 aliphatic heterocycles. The molecule has 0 bridgehead atoms. The fraction of sp³-hybridized carbons (Fsp3) is 0.688. The van der Waals surface area contributed by atoms with E-state index in [-0.39, 0.29) is 12.1 Å². The number of likely N-dealkylation sites (tertiary alicyclic amines) is 1. The molecule has 0 amide bonds. The van der Waals surface area contributed by atoms with Gasteiger partial charge in [0.15, 0.2) is 0 Å². The maximum Gasteiger partial charge on any atom is 0.490 e. The molecule has 12 heteroatoms. The van der Waals surface area contributed by atoms with Gasteiger partial charge in [-0.15, -0.1) is 11.3 Å². The van der Waals surface area contributed by atoms with Crippen molar-refractivity contribution in [2.45, 2.75) is 37.7 Å². The minimum Gasteiger partial charge on any atom is -0.475 e. The van der Waals surface area contributed by atoms with Crippen LogP contribution in [-0.2, 0) is 26.1 Å². The van der Waals surface area contributed by atoms with E-state index in [1.807, 2.05) is 0 Å². The second-order valence-electron chi connectivity index (χ2n) is 6.81. The molecule has 0 spiro atoms. The van der Waals surface area contributed by atoms with Crippen LogP contribution in [0.5, 0.6) is 0 Å². The lowest BCUT2D eigenvalue weighted by Gasteiger charge is -2.45. The van der Waals surface area contributed by atoms with E-state index in [2.05, 4.69) is 27.1 Å². The molecule has 0 aliphatic carbocycles. The van der Waals surface area contributed by atoms with E-state index >= 15 is 0 Å². The molecule has 3 atom stereocenters. The van der Waals surface area contributed by atoms with E-state index in [9.17, 15) is 21.6 Å². The van der Waals surface area contributed by atoms with E-state index in [1.54, 1.807) is 11.3 Å². The summed E-state index contributed by atoms with van der Waals surface area (Å²) in [6.07, 6.45) is -1.65. The van der Waals surface area contributed by atoms with Gasteiger partial charge in [0, 0.05) is 31.1 Å². The molecule has 160 valence electrons. The Morgan fingerprint density at radius 2 is 2.11 bits per heavy atom. The monoisotopic (exact) mass is 444 g/mol. The zero-order chi connectivity index (χ0) is 20.9. The summed E-state index contributed by atoms with van der Waals surface area (Å²) in [7, 11) is -3.21. The van der Waals surface area contributed by atoms with Crippen LogP contribution in [0.1, 0.15) is 17.7 Å². The number of ether oxygens (including phenoxy) is 1. The highest BCUT2D eigenvalue weighted by Gasteiger charge is 2.40. The van der Waals surface area contributed by atoms with Crippen LogP contribution in [0.2, 0.25) is 0 Å². The van der Waals surface area contributed by atoms with Crippen LogP contribution in [0.15, 0.2) is 17.5 Å². The molecule has 0 aromatic carbocycles. The number of fused-ring (bicyclic) bond motifs is 1. The predicted molar refractivity (Wildman–Crippen MR) is 97.5 cm³/mol. The van der Waals surface area contributed by atoms with Crippen LogP contribution in [0.3, 0.4) is 0 Å². The fourth-order valence-electron chi connectivity index (χ4n) is 3.42. The first-order chi connectivity index (χ1) is 13.0. The van der Waals surface area contributed by atoms with Crippen molar-refractivity contribution in [3.63, 3.8) is 0 Å². The molecule has 2 fully saturated rings. The predicted octanol–water partition coefficient (Wildman–Crippen LogP) is 1.91. The number of nitrogens with one attached hydrogen (secondary N) is 1. The maximum atomic E-state index is 11.6. The van der Waals surface area contributed by atoms with Gasteiger partial charge < -0.3 is 9.84 Å². The van der Waals surface area contributed by atoms with Gasteiger partial charge in [0.1, 0.15) is 0 Å². The van der Waals surface area contributed by atoms with Crippen LogP contribution >= 0.6 is 11.3 Å². The second-order valence-corrected chi connectivity index (χ2v) is 9.62. The van der Waals surface area contributed by atoms with Gasteiger partial charge in [-0.2, -0.15) is 13.2 Å². The molecule has 0 radical (unpaired) electrons. The third-order valence-electron chi connectivity index (χ3n) is 4.41. The fourth-order valence-corrected chi connectivity index (χ4v) is 4.93. The number of carboxylic acid groups (broad SMARTS) is 1. The summed E-state index contributed by atoms with van der Waals surface area (Å²) in [6.45, 7) is 3.34. The first-order valence-corrected chi connectivity index (χ1v) is 11.4. The summed E-state index contributed by atoms with van der Waals surface area (Å²) >= 11 is 1.75. The first-order valence-electron chi connectivity index (χ1n) is 8.59. The van der Waals surface area contributed by atoms with Gasteiger partial charge >= 0.3 is 12.1 Å². The van der Waals surface area contributed by atoms with Crippen molar-refractivity contribution in [2.24, 2.45) is 5.92 Å². The number of hydrogen-bond acceptors (Lipinski definition) is 6. The number of sulfonamides is 1. The highest BCUT2D eigenvalue weighted by atomic mass is 32.2. The van der Waals surface area contributed by atoms with E-state index in [0.29, 0.717) is 12.5 Å². The molecule has 2 saturated heterocycles. The van der Waals surface area contributed by atoms with Crippen LogP contribution in [0.4, 0.5) is 13.2 Å². The molecule has 28 heavy (non-hydrogen) atoms. The molecular weight excluding hydrogens is 421 g/mol. The number of carbonyl (C=O) groups is 1. The molecule has 0 unspecified atom stereocenters. The Labute approximate surface area is 165 Å². The lowest BCUT2D eigenvalue weighted by molar-refractivity contribution is -0.192. The normalized spacial score (nSPS) is 26.1. The average molecular weight is 444 g/mol. The van der Waals surface area contributed by atoms with Gasteiger partial charge in [-0.1, -0.05) is 6.07 Å². The highest BCUT2D eigenvalue weighted by molar-refractivity contribution is 7.88. The van der Waals surface area contributed by atoms with Gasteiger partial charge in [0.2, 0.25) is 10.0 Å². The number of halogens is 3. The molecule has 2 N–H and O–H groups in total. The third kappa shape index (κ3) is 7.32. The third-order valence-corrected chi connectivity index (χ3v) is 6.00. The van der Waals surface area contributed by atoms with Crippen molar-refractivity contribution in [1.29, 1.82) is 0 Å². The van der Waals surface area contributed by atoms with Crippen LogP contribution < -0.4 is 4.72 Å². The molecule has 1 aromatic heterocycles. The lowest BCUT2D eigenvalue weighted by atomic mass is 9.86. The topological polar surface area (TPSA) is 95.9 Å². The smallest absolute Gasteiger partial charge is 0.475 e.